The van der Waals surface area contributed by atoms with Crippen molar-refractivity contribution in [2.24, 2.45) is 0 Å². The van der Waals surface area contributed by atoms with Gasteiger partial charge in [0.05, 0.1) is 0 Å². The number of hydrogen-bond acceptors (Lipinski definition) is 1. The van der Waals surface area contributed by atoms with Crippen LogP contribution in [0.15, 0.2) is 24.5 Å². The summed E-state index contributed by atoms with van der Waals surface area (Å²) in [6, 6.07) is 6.35. The summed E-state index contributed by atoms with van der Waals surface area (Å²) in [5.74, 6) is 1.01. The van der Waals surface area contributed by atoms with Crippen molar-refractivity contribution in [2.75, 3.05) is 0 Å². The Kier molecular flexibility index (Phi) is 1.25. The summed E-state index contributed by atoms with van der Waals surface area (Å²) >= 11 is 0. The number of rotatable bonds is 1. The van der Waals surface area contributed by atoms with Crippen LogP contribution in [-0.4, -0.2) is 0 Å². The number of aryl methyl sites for hydroxylation is 2. The van der Waals surface area contributed by atoms with E-state index in [0.717, 1.165) is 5.76 Å². The molecular formula is C10H10O. The minimum atomic E-state index is 1.01. The molecular weight excluding hydrogens is 136 g/mol. The van der Waals surface area contributed by atoms with Gasteiger partial charge in [-0.1, -0.05) is 12.1 Å². The van der Waals surface area contributed by atoms with Crippen molar-refractivity contribution >= 4 is 5.76 Å². The molecule has 0 N–H and O–H groups in total. The van der Waals surface area contributed by atoms with E-state index < -0.39 is 0 Å². The number of hydrogen-bond donors (Lipinski definition) is 0. The zero-order chi connectivity index (χ0) is 7.84. The molecule has 0 saturated heterocycles. The molecule has 0 radical (unpaired) electrons. The SMILES string of the molecule is Cc1ccc(C2=CO2)cc1C. The normalized spacial score (nSPS) is 13.8. The van der Waals surface area contributed by atoms with Gasteiger partial charge in [-0.25, -0.2) is 0 Å². The van der Waals surface area contributed by atoms with Crippen molar-refractivity contribution in [3.63, 3.8) is 0 Å². The van der Waals surface area contributed by atoms with Gasteiger partial charge >= 0.3 is 0 Å². The van der Waals surface area contributed by atoms with Crippen molar-refractivity contribution in [1.82, 2.24) is 0 Å². The zero-order valence-electron chi connectivity index (χ0n) is 6.72. The topological polar surface area (TPSA) is 12.5 Å². The number of benzene rings is 1. The fraction of sp³-hybridized carbons (Fsp3) is 0.200. The summed E-state index contributed by atoms with van der Waals surface area (Å²) < 4.78 is 4.98. The van der Waals surface area contributed by atoms with Crippen molar-refractivity contribution in [3.05, 3.63) is 41.2 Å². The molecule has 1 heterocycles. The van der Waals surface area contributed by atoms with E-state index in [1.165, 1.54) is 16.7 Å². The molecule has 0 spiro atoms. The molecule has 11 heavy (non-hydrogen) atoms. The van der Waals surface area contributed by atoms with Crippen LogP contribution < -0.4 is 0 Å². The van der Waals surface area contributed by atoms with Gasteiger partial charge in [0.2, 0.25) is 0 Å². The smallest absolute Gasteiger partial charge is 0.168 e. The fourth-order valence-electron chi connectivity index (χ4n) is 1.06. The molecule has 0 atom stereocenters. The molecule has 0 fully saturated rings. The van der Waals surface area contributed by atoms with Gasteiger partial charge in [-0.3, -0.25) is 0 Å². The van der Waals surface area contributed by atoms with Crippen LogP contribution in [0.4, 0.5) is 0 Å². The molecule has 1 aromatic rings. The highest BCUT2D eigenvalue weighted by molar-refractivity contribution is 5.67. The van der Waals surface area contributed by atoms with E-state index in [9.17, 15) is 0 Å². The Morgan fingerprint density at radius 1 is 1.09 bits per heavy atom. The molecule has 0 saturated carbocycles. The Balaban J connectivity index is 2.44. The quantitative estimate of drug-likeness (QED) is 0.593. The highest BCUT2D eigenvalue weighted by Crippen LogP contribution is 2.27. The van der Waals surface area contributed by atoms with E-state index in [1.807, 2.05) is 0 Å². The summed E-state index contributed by atoms with van der Waals surface area (Å²) in [4.78, 5) is 0. The van der Waals surface area contributed by atoms with Gasteiger partial charge < -0.3 is 4.74 Å². The van der Waals surface area contributed by atoms with Crippen molar-refractivity contribution in [3.8, 4) is 0 Å². The minimum Gasteiger partial charge on any atom is -0.457 e. The molecule has 0 amide bonds. The molecule has 0 unspecified atom stereocenters. The fourth-order valence-corrected chi connectivity index (χ4v) is 1.06. The predicted octanol–water partition coefficient (Wildman–Crippen LogP) is 2.63. The summed E-state index contributed by atoms with van der Waals surface area (Å²) in [5, 5.41) is 0. The Morgan fingerprint density at radius 3 is 2.36 bits per heavy atom. The van der Waals surface area contributed by atoms with E-state index in [0.29, 0.717) is 0 Å². The molecule has 1 aromatic carbocycles. The first kappa shape index (κ1) is 6.47. The lowest BCUT2D eigenvalue weighted by Crippen LogP contribution is -1.82. The van der Waals surface area contributed by atoms with E-state index in [4.69, 9.17) is 4.74 Å². The van der Waals surface area contributed by atoms with Gasteiger partial charge in [0.25, 0.3) is 0 Å². The third-order valence-electron chi connectivity index (χ3n) is 2.03. The van der Waals surface area contributed by atoms with Crippen molar-refractivity contribution in [1.29, 1.82) is 0 Å². The van der Waals surface area contributed by atoms with Crippen LogP contribution in [0.3, 0.4) is 0 Å². The molecule has 0 aliphatic carbocycles. The third kappa shape index (κ3) is 1.14. The van der Waals surface area contributed by atoms with Crippen LogP contribution >= 0.6 is 0 Å². The van der Waals surface area contributed by atoms with Crippen LogP contribution in [0, 0.1) is 13.8 Å². The van der Waals surface area contributed by atoms with Gasteiger partial charge in [0.15, 0.2) is 5.76 Å². The molecule has 1 nitrogen and oxygen atoms in total. The number of ether oxygens (including phenoxy) is 1. The molecule has 1 aliphatic rings. The van der Waals surface area contributed by atoms with Crippen molar-refractivity contribution < 1.29 is 4.74 Å². The van der Waals surface area contributed by atoms with Gasteiger partial charge in [-0.15, -0.1) is 0 Å². The molecule has 1 heteroatoms. The Hall–Kier alpha value is -1.24. The first-order valence-electron chi connectivity index (χ1n) is 3.72. The summed E-state index contributed by atoms with van der Waals surface area (Å²) in [6.45, 7) is 4.23. The Bertz CT molecular complexity index is 324. The van der Waals surface area contributed by atoms with Gasteiger partial charge in [-0.2, -0.15) is 0 Å². The Labute approximate surface area is 66.3 Å². The molecule has 0 bridgehead atoms. The van der Waals surface area contributed by atoms with Crippen LogP contribution in [0.2, 0.25) is 0 Å². The first-order chi connectivity index (χ1) is 5.27. The molecule has 0 aromatic heterocycles. The zero-order valence-corrected chi connectivity index (χ0v) is 6.72. The maximum absolute atomic E-state index is 4.98. The van der Waals surface area contributed by atoms with Gasteiger partial charge in [-0.05, 0) is 31.0 Å². The van der Waals surface area contributed by atoms with E-state index >= 15 is 0 Å². The van der Waals surface area contributed by atoms with E-state index in [-0.39, 0.29) is 0 Å². The second-order valence-corrected chi connectivity index (χ2v) is 2.90. The second-order valence-electron chi connectivity index (χ2n) is 2.90. The van der Waals surface area contributed by atoms with Gasteiger partial charge in [0.1, 0.15) is 6.26 Å². The lowest BCUT2D eigenvalue weighted by atomic mass is 10.1. The first-order valence-corrected chi connectivity index (χ1v) is 3.72. The monoisotopic (exact) mass is 146 g/mol. The maximum Gasteiger partial charge on any atom is 0.168 e. The standard InChI is InChI=1S/C10H10O/c1-7-3-4-9(5-8(7)2)10-6-11-10/h3-6H,1-2H3. The Morgan fingerprint density at radius 2 is 1.82 bits per heavy atom. The van der Waals surface area contributed by atoms with Crippen molar-refractivity contribution in [2.45, 2.75) is 13.8 Å². The summed E-state index contributed by atoms with van der Waals surface area (Å²) in [5.41, 5.74) is 3.84. The van der Waals surface area contributed by atoms with Crippen LogP contribution in [-0.2, 0) is 4.74 Å². The average molecular weight is 146 g/mol. The van der Waals surface area contributed by atoms with Crippen LogP contribution in [0.25, 0.3) is 5.76 Å². The lowest BCUT2D eigenvalue weighted by Gasteiger charge is -1.99. The van der Waals surface area contributed by atoms with Gasteiger partial charge in [0, 0.05) is 5.56 Å². The highest BCUT2D eigenvalue weighted by atomic mass is 16.5. The molecule has 2 rings (SSSR count). The lowest BCUT2D eigenvalue weighted by molar-refractivity contribution is 0.563. The average Bonchev–Trinajstić information content (AvgIpc) is 2.77. The highest BCUT2D eigenvalue weighted by Gasteiger charge is 2.12. The maximum atomic E-state index is 4.98. The molecule has 1 aliphatic heterocycles. The third-order valence-corrected chi connectivity index (χ3v) is 2.03. The van der Waals surface area contributed by atoms with E-state index in [2.05, 4.69) is 32.0 Å². The van der Waals surface area contributed by atoms with E-state index in [1.54, 1.807) is 6.26 Å². The summed E-state index contributed by atoms with van der Waals surface area (Å²) in [6.07, 6.45) is 1.77. The molecule has 56 valence electrons. The predicted molar refractivity (Wildman–Crippen MR) is 45.0 cm³/mol. The summed E-state index contributed by atoms with van der Waals surface area (Å²) in [7, 11) is 0. The van der Waals surface area contributed by atoms with Crippen LogP contribution in [0.5, 0.6) is 0 Å². The largest absolute Gasteiger partial charge is 0.457 e. The minimum absolute atomic E-state index is 1.01. The second kappa shape index (κ2) is 2.12. The van der Waals surface area contributed by atoms with Crippen LogP contribution in [0.1, 0.15) is 16.7 Å².